The Bertz CT molecular complexity index is 322. The lowest BCUT2D eigenvalue weighted by Gasteiger charge is -2.28. The summed E-state index contributed by atoms with van der Waals surface area (Å²) in [4.78, 5) is 12.8. The van der Waals surface area contributed by atoms with Crippen LogP contribution in [0, 0.1) is 11.3 Å². The highest BCUT2D eigenvalue weighted by Gasteiger charge is 2.44. The third-order valence-corrected chi connectivity index (χ3v) is 4.55. The van der Waals surface area contributed by atoms with Crippen molar-refractivity contribution < 1.29 is 4.79 Å². The Morgan fingerprint density at radius 3 is 2.32 bits per heavy atom. The van der Waals surface area contributed by atoms with Crippen LogP contribution in [0.25, 0.3) is 0 Å². The van der Waals surface area contributed by atoms with E-state index in [0.29, 0.717) is 4.99 Å². The standard InChI is InChI=1S/C15H28N2OS/c1-11(2)7-6-8-12(3)17-14(18)15(13(16)19)9-4-5-10-15/h11-12H,4-10H2,1-3H3,(H2,16,19)(H,17,18). The van der Waals surface area contributed by atoms with Crippen LogP contribution in [0.3, 0.4) is 0 Å². The molecule has 1 rings (SSSR count). The lowest BCUT2D eigenvalue weighted by atomic mass is 9.84. The molecule has 110 valence electrons. The predicted octanol–water partition coefficient (Wildman–Crippen LogP) is 3.16. The van der Waals surface area contributed by atoms with Crippen LogP contribution in [-0.2, 0) is 4.79 Å². The Hall–Kier alpha value is -0.640. The van der Waals surface area contributed by atoms with E-state index in [0.717, 1.165) is 44.4 Å². The summed E-state index contributed by atoms with van der Waals surface area (Å²) in [5, 5.41) is 3.11. The maximum Gasteiger partial charge on any atom is 0.233 e. The molecule has 0 aromatic heterocycles. The third kappa shape index (κ3) is 4.44. The molecular formula is C15H28N2OS. The van der Waals surface area contributed by atoms with Crippen molar-refractivity contribution in [2.75, 3.05) is 0 Å². The van der Waals surface area contributed by atoms with Crippen LogP contribution in [0.15, 0.2) is 0 Å². The second kappa shape index (κ2) is 7.22. The Morgan fingerprint density at radius 2 is 1.84 bits per heavy atom. The Morgan fingerprint density at radius 1 is 1.26 bits per heavy atom. The monoisotopic (exact) mass is 284 g/mol. The fourth-order valence-electron chi connectivity index (χ4n) is 2.83. The number of carbonyl (C=O) groups excluding carboxylic acids is 1. The molecule has 4 heteroatoms. The maximum atomic E-state index is 12.4. The normalized spacial score (nSPS) is 19.4. The van der Waals surface area contributed by atoms with Gasteiger partial charge in [0.2, 0.25) is 5.91 Å². The first-order valence-corrected chi connectivity index (χ1v) is 7.90. The van der Waals surface area contributed by atoms with Gasteiger partial charge in [-0.15, -0.1) is 0 Å². The fraction of sp³-hybridized carbons (Fsp3) is 0.867. The van der Waals surface area contributed by atoms with Crippen LogP contribution in [-0.4, -0.2) is 16.9 Å². The molecule has 0 aromatic carbocycles. The Balaban J connectivity index is 2.46. The second-order valence-electron chi connectivity index (χ2n) is 6.35. The van der Waals surface area contributed by atoms with Gasteiger partial charge in [0.15, 0.2) is 0 Å². The summed E-state index contributed by atoms with van der Waals surface area (Å²) in [6, 6.07) is 0.207. The maximum absolute atomic E-state index is 12.4. The van der Waals surface area contributed by atoms with Gasteiger partial charge in [0, 0.05) is 6.04 Å². The zero-order valence-corrected chi connectivity index (χ0v) is 13.3. The fourth-order valence-corrected chi connectivity index (χ4v) is 3.13. The van der Waals surface area contributed by atoms with Crippen molar-refractivity contribution in [3.8, 4) is 0 Å². The molecule has 1 amide bonds. The zero-order valence-electron chi connectivity index (χ0n) is 12.5. The molecule has 0 spiro atoms. The summed E-state index contributed by atoms with van der Waals surface area (Å²) >= 11 is 5.14. The summed E-state index contributed by atoms with van der Waals surface area (Å²) in [6.07, 6.45) is 7.11. The first kappa shape index (κ1) is 16.4. The molecule has 1 aliphatic rings. The van der Waals surface area contributed by atoms with E-state index in [-0.39, 0.29) is 11.9 Å². The molecule has 0 aliphatic heterocycles. The van der Waals surface area contributed by atoms with Crippen molar-refractivity contribution in [2.45, 2.75) is 71.8 Å². The molecule has 0 radical (unpaired) electrons. The van der Waals surface area contributed by atoms with Gasteiger partial charge in [-0.3, -0.25) is 4.79 Å². The van der Waals surface area contributed by atoms with E-state index in [1.54, 1.807) is 0 Å². The quantitative estimate of drug-likeness (QED) is 0.706. The topological polar surface area (TPSA) is 55.1 Å². The van der Waals surface area contributed by atoms with Crippen LogP contribution in [0.2, 0.25) is 0 Å². The first-order valence-electron chi connectivity index (χ1n) is 7.49. The van der Waals surface area contributed by atoms with Gasteiger partial charge in [-0.1, -0.05) is 51.7 Å². The second-order valence-corrected chi connectivity index (χ2v) is 6.79. The number of nitrogens with one attached hydrogen (secondary N) is 1. The minimum absolute atomic E-state index is 0.0505. The van der Waals surface area contributed by atoms with Crippen LogP contribution in [0.1, 0.15) is 65.7 Å². The predicted molar refractivity (Wildman–Crippen MR) is 84.0 cm³/mol. The third-order valence-electron chi connectivity index (χ3n) is 4.16. The molecule has 0 aromatic rings. The summed E-state index contributed by atoms with van der Waals surface area (Å²) in [6.45, 7) is 6.52. The average Bonchev–Trinajstić information content (AvgIpc) is 2.78. The Kier molecular flexibility index (Phi) is 6.24. The summed E-state index contributed by atoms with van der Waals surface area (Å²) in [5.74, 6) is 0.773. The molecule has 1 fully saturated rings. The molecule has 3 N–H and O–H groups in total. The minimum atomic E-state index is -0.568. The molecule has 3 nitrogen and oxygen atoms in total. The van der Waals surface area contributed by atoms with E-state index < -0.39 is 5.41 Å². The van der Waals surface area contributed by atoms with Gasteiger partial charge >= 0.3 is 0 Å². The van der Waals surface area contributed by atoms with Crippen LogP contribution >= 0.6 is 12.2 Å². The van der Waals surface area contributed by atoms with Gasteiger partial charge in [-0.05, 0) is 32.1 Å². The van der Waals surface area contributed by atoms with E-state index >= 15 is 0 Å². The van der Waals surface area contributed by atoms with Crippen molar-refractivity contribution in [1.29, 1.82) is 0 Å². The van der Waals surface area contributed by atoms with Crippen molar-refractivity contribution in [1.82, 2.24) is 5.32 Å². The summed E-state index contributed by atoms with van der Waals surface area (Å²) in [7, 11) is 0. The van der Waals surface area contributed by atoms with Crippen molar-refractivity contribution in [3.05, 3.63) is 0 Å². The van der Waals surface area contributed by atoms with E-state index in [1.165, 1.54) is 6.42 Å². The molecule has 1 saturated carbocycles. The number of hydrogen-bond acceptors (Lipinski definition) is 2. The number of carbonyl (C=O) groups is 1. The molecule has 0 heterocycles. The smallest absolute Gasteiger partial charge is 0.233 e. The minimum Gasteiger partial charge on any atom is -0.392 e. The average molecular weight is 284 g/mol. The molecular weight excluding hydrogens is 256 g/mol. The first-order chi connectivity index (χ1) is 8.88. The highest BCUT2D eigenvalue weighted by atomic mass is 32.1. The van der Waals surface area contributed by atoms with Gasteiger partial charge in [0.1, 0.15) is 0 Å². The highest BCUT2D eigenvalue weighted by Crippen LogP contribution is 2.38. The van der Waals surface area contributed by atoms with Gasteiger partial charge < -0.3 is 11.1 Å². The van der Waals surface area contributed by atoms with Crippen LogP contribution in [0.5, 0.6) is 0 Å². The van der Waals surface area contributed by atoms with Gasteiger partial charge in [0.05, 0.1) is 10.4 Å². The highest BCUT2D eigenvalue weighted by molar-refractivity contribution is 7.80. The van der Waals surface area contributed by atoms with Gasteiger partial charge in [-0.25, -0.2) is 0 Å². The van der Waals surface area contributed by atoms with E-state index in [4.69, 9.17) is 18.0 Å². The molecule has 0 saturated heterocycles. The van der Waals surface area contributed by atoms with Crippen molar-refractivity contribution >= 4 is 23.1 Å². The lowest BCUT2D eigenvalue weighted by Crippen LogP contribution is -2.49. The summed E-state index contributed by atoms with van der Waals surface area (Å²) < 4.78 is 0. The van der Waals surface area contributed by atoms with Gasteiger partial charge in [0.25, 0.3) is 0 Å². The van der Waals surface area contributed by atoms with Crippen molar-refractivity contribution in [3.63, 3.8) is 0 Å². The molecule has 0 bridgehead atoms. The Labute approximate surface area is 122 Å². The zero-order chi connectivity index (χ0) is 14.5. The van der Waals surface area contributed by atoms with Crippen LogP contribution < -0.4 is 11.1 Å². The number of rotatable bonds is 7. The largest absolute Gasteiger partial charge is 0.392 e. The van der Waals surface area contributed by atoms with Crippen LogP contribution in [0.4, 0.5) is 0 Å². The lowest BCUT2D eigenvalue weighted by molar-refractivity contribution is -0.128. The van der Waals surface area contributed by atoms with Gasteiger partial charge in [-0.2, -0.15) is 0 Å². The van der Waals surface area contributed by atoms with Crippen molar-refractivity contribution in [2.24, 2.45) is 17.1 Å². The number of amides is 1. The van der Waals surface area contributed by atoms with E-state index in [9.17, 15) is 4.79 Å². The molecule has 1 unspecified atom stereocenters. The number of nitrogens with two attached hydrogens (primary N) is 1. The van der Waals surface area contributed by atoms with E-state index in [2.05, 4.69) is 26.1 Å². The molecule has 1 aliphatic carbocycles. The molecule has 19 heavy (non-hydrogen) atoms. The summed E-state index contributed by atoms with van der Waals surface area (Å²) in [5.41, 5.74) is 5.25. The molecule has 1 atom stereocenters. The number of thiocarbonyl (C=S) groups is 1. The van der Waals surface area contributed by atoms with E-state index in [1.807, 2.05) is 0 Å². The SMILES string of the molecule is CC(C)CCCC(C)NC(=O)C1(C(N)=S)CCCC1. The number of hydrogen-bond donors (Lipinski definition) is 2.